The van der Waals surface area contributed by atoms with E-state index in [0.29, 0.717) is 11.4 Å². The van der Waals surface area contributed by atoms with E-state index in [1.54, 1.807) is 0 Å². The Morgan fingerprint density at radius 1 is 1.15 bits per heavy atom. The Kier molecular flexibility index (Phi) is 4.53. The molecular formula is C15H18N2O3. The van der Waals surface area contributed by atoms with Crippen molar-refractivity contribution in [1.82, 2.24) is 9.97 Å². The van der Waals surface area contributed by atoms with E-state index in [1.165, 1.54) is 26.0 Å². The van der Waals surface area contributed by atoms with Crippen LogP contribution in [0.25, 0.3) is 0 Å². The van der Waals surface area contributed by atoms with Crippen molar-refractivity contribution < 1.29 is 14.6 Å². The SMILES string of the molecule is CCc1ccc(C(O)c2cnc(OC)nc2OC)cc1. The first-order chi connectivity index (χ1) is 9.69. The van der Waals surface area contributed by atoms with Crippen molar-refractivity contribution in [3.8, 4) is 11.9 Å². The molecule has 2 rings (SSSR count). The highest BCUT2D eigenvalue weighted by Gasteiger charge is 2.18. The molecule has 0 bridgehead atoms. The number of aliphatic hydroxyl groups is 1. The lowest BCUT2D eigenvalue weighted by Gasteiger charge is -2.14. The largest absolute Gasteiger partial charge is 0.481 e. The molecule has 0 saturated heterocycles. The van der Waals surface area contributed by atoms with Crippen molar-refractivity contribution in [1.29, 1.82) is 0 Å². The third-order valence-electron chi connectivity index (χ3n) is 3.13. The summed E-state index contributed by atoms with van der Waals surface area (Å²) >= 11 is 0. The van der Waals surface area contributed by atoms with E-state index >= 15 is 0 Å². The van der Waals surface area contributed by atoms with E-state index < -0.39 is 6.10 Å². The van der Waals surface area contributed by atoms with Crippen LogP contribution in [-0.2, 0) is 6.42 Å². The minimum absolute atomic E-state index is 0.208. The highest BCUT2D eigenvalue weighted by molar-refractivity contribution is 5.36. The van der Waals surface area contributed by atoms with Gasteiger partial charge in [-0.15, -0.1) is 0 Å². The van der Waals surface area contributed by atoms with Gasteiger partial charge >= 0.3 is 6.01 Å². The average Bonchev–Trinajstić information content (AvgIpc) is 2.53. The molecule has 1 heterocycles. The van der Waals surface area contributed by atoms with Crippen LogP contribution in [0.3, 0.4) is 0 Å². The Hall–Kier alpha value is -2.14. The Morgan fingerprint density at radius 3 is 2.40 bits per heavy atom. The van der Waals surface area contributed by atoms with Crippen LogP contribution in [0.2, 0.25) is 0 Å². The molecule has 106 valence electrons. The number of aliphatic hydroxyl groups excluding tert-OH is 1. The average molecular weight is 274 g/mol. The van der Waals surface area contributed by atoms with Crippen molar-refractivity contribution in [3.63, 3.8) is 0 Å². The zero-order valence-corrected chi connectivity index (χ0v) is 11.8. The first-order valence-corrected chi connectivity index (χ1v) is 6.41. The minimum atomic E-state index is -0.832. The molecular weight excluding hydrogens is 256 g/mol. The number of aromatic nitrogens is 2. The van der Waals surface area contributed by atoms with E-state index in [1.807, 2.05) is 24.3 Å². The highest BCUT2D eigenvalue weighted by Crippen LogP contribution is 2.29. The summed E-state index contributed by atoms with van der Waals surface area (Å²) in [5.74, 6) is 0.309. The molecule has 0 saturated carbocycles. The lowest BCUT2D eigenvalue weighted by atomic mass is 10.0. The molecule has 0 aliphatic carbocycles. The van der Waals surface area contributed by atoms with Gasteiger partial charge in [0, 0.05) is 6.20 Å². The summed E-state index contributed by atoms with van der Waals surface area (Å²) in [4.78, 5) is 8.09. The van der Waals surface area contributed by atoms with Crippen LogP contribution >= 0.6 is 0 Å². The minimum Gasteiger partial charge on any atom is -0.481 e. The maximum atomic E-state index is 10.4. The molecule has 5 nitrogen and oxygen atoms in total. The molecule has 20 heavy (non-hydrogen) atoms. The number of nitrogens with zero attached hydrogens (tertiary/aromatic N) is 2. The fraction of sp³-hybridized carbons (Fsp3) is 0.333. The number of hydrogen-bond acceptors (Lipinski definition) is 5. The van der Waals surface area contributed by atoms with E-state index in [2.05, 4.69) is 16.9 Å². The second-order valence-corrected chi connectivity index (χ2v) is 4.32. The van der Waals surface area contributed by atoms with Crippen molar-refractivity contribution in [2.75, 3.05) is 14.2 Å². The van der Waals surface area contributed by atoms with Crippen LogP contribution in [0.5, 0.6) is 11.9 Å². The predicted octanol–water partition coefficient (Wildman–Crippen LogP) is 2.14. The quantitative estimate of drug-likeness (QED) is 0.905. The summed E-state index contributed by atoms with van der Waals surface area (Å²) in [5.41, 5.74) is 2.51. The van der Waals surface area contributed by atoms with Crippen molar-refractivity contribution in [2.24, 2.45) is 0 Å². The summed E-state index contributed by atoms with van der Waals surface area (Å²) in [6, 6.07) is 7.99. The van der Waals surface area contributed by atoms with Gasteiger partial charge in [0.25, 0.3) is 0 Å². The fourth-order valence-corrected chi connectivity index (χ4v) is 1.92. The first-order valence-electron chi connectivity index (χ1n) is 6.41. The number of rotatable bonds is 5. The summed E-state index contributed by atoms with van der Waals surface area (Å²) in [6.07, 6.45) is 1.65. The van der Waals surface area contributed by atoms with E-state index in [4.69, 9.17) is 9.47 Å². The molecule has 1 aromatic carbocycles. The van der Waals surface area contributed by atoms with Crippen LogP contribution in [0, 0.1) is 0 Å². The summed E-state index contributed by atoms with van der Waals surface area (Å²) < 4.78 is 10.1. The van der Waals surface area contributed by atoms with Crippen LogP contribution in [0.4, 0.5) is 0 Å². The molecule has 0 aliphatic rings. The third kappa shape index (κ3) is 2.88. The van der Waals surface area contributed by atoms with Gasteiger partial charge in [-0.3, -0.25) is 0 Å². The molecule has 1 aromatic heterocycles. The molecule has 5 heteroatoms. The van der Waals surface area contributed by atoms with Gasteiger partial charge in [-0.05, 0) is 17.5 Å². The van der Waals surface area contributed by atoms with Gasteiger partial charge in [0.05, 0.1) is 19.8 Å². The summed E-state index contributed by atoms with van der Waals surface area (Å²) in [7, 11) is 2.98. The van der Waals surface area contributed by atoms with E-state index in [0.717, 1.165) is 12.0 Å². The van der Waals surface area contributed by atoms with Crippen LogP contribution in [0.1, 0.15) is 29.7 Å². The molecule has 0 radical (unpaired) electrons. The summed E-state index contributed by atoms with van der Waals surface area (Å²) in [6.45, 7) is 2.09. The van der Waals surface area contributed by atoms with Crippen LogP contribution < -0.4 is 9.47 Å². The Labute approximate surface area is 118 Å². The van der Waals surface area contributed by atoms with Gasteiger partial charge in [0.1, 0.15) is 6.10 Å². The van der Waals surface area contributed by atoms with Gasteiger partial charge in [0.2, 0.25) is 5.88 Å². The number of ether oxygens (including phenoxy) is 2. The maximum absolute atomic E-state index is 10.4. The zero-order chi connectivity index (χ0) is 14.5. The predicted molar refractivity (Wildman–Crippen MR) is 75.0 cm³/mol. The topological polar surface area (TPSA) is 64.5 Å². The van der Waals surface area contributed by atoms with E-state index in [9.17, 15) is 5.11 Å². The zero-order valence-electron chi connectivity index (χ0n) is 11.8. The van der Waals surface area contributed by atoms with Gasteiger partial charge in [-0.1, -0.05) is 31.2 Å². The standard InChI is InChI=1S/C15H18N2O3/c1-4-10-5-7-11(8-6-10)13(18)12-9-16-15(20-3)17-14(12)19-2/h5-9,13,18H,4H2,1-3H3. The number of hydrogen-bond donors (Lipinski definition) is 1. The third-order valence-corrected chi connectivity index (χ3v) is 3.13. The Bertz CT molecular complexity index is 570. The Morgan fingerprint density at radius 2 is 1.85 bits per heavy atom. The first kappa shape index (κ1) is 14.3. The molecule has 1 unspecified atom stereocenters. The van der Waals surface area contributed by atoms with Crippen LogP contribution in [0.15, 0.2) is 30.5 Å². The fourth-order valence-electron chi connectivity index (χ4n) is 1.92. The molecule has 0 aliphatic heterocycles. The lowest BCUT2D eigenvalue weighted by molar-refractivity contribution is 0.211. The molecule has 0 spiro atoms. The van der Waals surface area contributed by atoms with Gasteiger partial charge in [0.15, 0.2) is 0 Å². The van der Waals surface area contributed by atoms with Crippen molar-refractivity contribution >= 4 is 0 Å². The molecule has 1 N–H and O–H groups in total. The normalized spacial score (nSPS) is 12.0. The van der Waals surface area contributed by atoms with Crippen LogP contribution in [-0.4, -0.2) is 29.3 Å². The number of benzene rings is 1. The van der Waals surface area contributed by atoms with E-state index in [-0.39, 0.29) is 6.01 Å². The molecule has 0 fully saturated rings. The summed E-state index contributed by atoms with van der Waals surface area (Å²) in [5, 5.41) is 10.4. The number of methoxy groups -OCH3 is 2. The number of aryl methyl sites for hydroxylation is 1. The maximum Gasteiger partial charge on any atom is 0.319 e. The second kappa shape index (κ2) is 6.34. The highest BCUT2D eigenvalue weighted by atomic mass is 16.5. The smallest absolute Gasteiger partial charge is 0.319 e. The van der Waals surface area contributed by atoms with Crippen molar-refractivity contribution in [3.05, 3.63) is 47.2 Å². The monoisotopic (exact) mass is 274 g/mol. The van der Waals surface area contributed by atoms with Gasteiger partial charge < -0.3 is 14.6 Å². The van der Waals surface area contributed by atoms with Gasteiger partial charge in [-0.25, -0.2) is 4.98 Å². The van der Waals surface area contributed by atoms with Gasteiger partial charge in [-0.2, -0.15) is 4.98 Å². The second-order valence-electron chi connectivity index (χ2n) is 4.32. The molecule has 0 amide bonds. The molecule has 2 aromatic rings. The lowest BCUT2D eigenvalue weighted by Crippen LogP contribution is -2.06. The Balaban J connectivity index is 2.33. The molecule has 1 atom stereocenters. The van der Waals surface area contributed by atoms with Crippen molar-refractivity contribution in [2.45, 2.75) is 19.4 Å².